The molecule has 1 N–H and O–H groups in total. The molecule has 0 aromatic rings. The molecule has 1 heterocycles. The molecule has 4 heteroatoms. The molecule has 0 aromatic carbocycles. The van der Waals surface area contributed by atoms with Crippen molar-refractivity contribution < 1.29 is 9.90 Å². The molecule has 1 aliphatic heterocycles. The first-order valence-electron chi connectivity index (χ1n) is 7.59. The molecule has 0 spiro atoms. The highest BCUT2D eigenvalue weighted by Gasteiger charge is 2.46. The molecule has 4 nitrogen and oxygen atoms in total. The number of piperazine rings is 1. The van der Waals surface area contributed by atoms with Gasteiger partial charge in [-0.3, -0.25) is 9.69 Å². The van der Waals surface area contributed by atoms with Gasteiger partial charge in [-0.25, -0.2) is 0 Å². The summed E-state index contributed by atoms with van der Waals surface area (Å²) in [6.45, 7) is 8.68. The van der Waals surface area contributed by atoms with E-state index in [0.29, 0.717) is 18.3 Å². The van der Waals surface area contributed by atoms with E-state index in [-0.39, 0.29) is 5.54 Å². The smallest absolute Gasteiger partial charge is 0.305 e. The van der Waals surface area contributed by atoms with Gasteiger partial charge in [0.2, 0.25) is 0 Å². The SMILES string of the molecule is CC1CCC(C)C(CC(=O)O)(N2CCN(C)CC2)C1. The Kier molecular flexibility index (Phi) is 4.51. The maximum absolute atomic E-state index is 11.4. The summed E-state index contributed by atoms with van der Waals surface area (Å²) in [4.78, 5) is 16.2. The highest BCUT2D eigenvalue weighted by molar-refractivity contribution is 5.68. The Morgan fingerprint density at radius 1 is 1.21 bits per heavy atom. The van der Waals surface area contributed by atoms with Crippen molar-refractivity contribution in [3.63, 3.8) is 0 Å². The first-order valence-corrected chi connectivity index (χ1v) is 7.59. The van der Waals surface area contributed by atoms with Crippen LogP contribution in [0.25, 0.3) is 0 Å². The topological polar surface area (TPSA) is 43.8 Å². The van der Waals surface area contributed by atoms with E-state index in [1.54, 1.807) is 0 Å². The van der Waals surface area contributed by atoms with Crippen LogP contribution in [0.15, 0.2) is 0 Å². The summed E-state index contributed by atoms with van der Waals surface area (Å²) < 4.78 is 0. The lowest BCUT2D eigenvalue weighted by Crippen LogP contribution is -2.61. The molecule has 1 saturated heterocycles. The van der Waals surface area contributed by atoms with Crippen LogP contribution in [0, 0.1) is 11.8 Å². The van der Waals surface area contributed by atoms with Crippen molar-refractivity contribution in [2.45, 2.75) is 45.1 Å². The van der Waals surface area contributed by atoms with E-state index in [4.69, 9.17) is 0 Å². The predicted octanol–water partition coefficient (Wildman–Crippen LogP) is 1.90. The van der Waals surface area contributed by atoms with Gasteiger partial charge in [0.1, 0.15) is 0 Å². The standard InChI is InChI=1S/C15H28N2O2/c1-12-4-5-13(2)15(10-12,11-14(18)19)17-8-6-16(3)7-9-17/h12-13H,4-11H2,1-3H3,(H,18,19). The third-order valence-corrected chi connectivity index (χ3v) is 5.30. The number of hydrogen-bond acceptors (Lipinski definition) is 3. The minimum Gasteiger partial charge on any atom is -0.481 e. The maximum Gasteiger partial charge on any atom is 0.305 e. The van der Waals surface area contributed by atoms with Gasteiger partial charge in [-0.1, -0.05) is 20.3 Å². The summed E-state index contributed by atoms with van der Waals surface area (Å²) in [5.74, 6) is 0.498. The molecule has 2 rings (SSSR count). The number of aliphatic carboxylic acids is 1. The number of rotatable bonds is 3. The van der Waals surface area contributed by atoms with Crippen molar-refractivity contribution >= 4 is 5.97 Å². The van der Waals surface area contributed by atoms with Crippen molar-refractivity contribution in [2.75, 3.05) is 33.2 Å². The van der Waals surface area contributed by atoms with Crippen LogP contribution in [0.5, 0.6) is 0 Å². The number of carboxylic acid groups (broad SMARTS) is 1. The van der Waals surface area contributed by atoms with Crippen LogP contribution in [0.3, 0.4) is 0 Å². The minimum atomic E-state index is -0.639. The van der Waals surface area contributed by atoms with Gasteiger partial charge in [-0.15, -0.1) is 0 Å². The van der Waals surface area contributed by atoms with E-state index < -0.39 is 5.97 Å². The second kappa shape index (κ2) is 5.80. The van der Waals surface area contributed by atoms with Gasteiger partial charge >= 0.3 is 5.97 Å². The Bertz CT molecular complexity index is 326. The van der Waals surface area contributed by atoms with E-state index in [0.717, 1.165) is 32.6 Å². The van der Waals surface area contributed by atoms with Crippen LogP contribution in [0.2, 0.25) is 0 Å². The van der Waals surface area contributed by atoms with Gasteiger partial charge < -0.3 is 10.0 Å². The number of nitrogens with zero attached hydrogens (tertiary/aromatic N) is 2. The molecule has 0 bridgehead atoms. The largest absolute Gasteiger partial charge is 0.481 e. The third-order valence-electron chi connectivity index (χ3n) is 5.30. The second-order valence-electron chi connectivity index (χ2n) is 6.75. The molecular weight excluding hydrogens is 240 g/mol. The quantitative estimate of drug-likeness (QED) is 0.849. The highest BCUT2D eigenvalue weighted by atomic mass is 16.4. The van der Waals surface area contributed by atoms with E-state index in [2.05, 4.69) is 30.7 Å². The monoisotopic (exact) mass is 268 g/mol. The van der Waals surface area contributed by atoms with Crippen molar-refractivity contribution in [3.05, 3.63) is 0 Å². The highest BCUT2D eigenvalue weighted by Crippen LogP contribution is 2.43. The van der Waals surface area contributed by atoms with Gasteiger partial charge in [-0.05, 0) is 31.7 Å². The molecule has 0 aromatic heterocycles. The van der Waals surface area contributed by atoms with Crippen molar-refractivity contribution in [1.29, 1.82) is 0 Å². The van der Waals surface area contributed by atoms with Gasteiger partial charge in [0.05, 0.1) is 6.42 Å². The summed E-state index contributed by atoms with van der Waals surface area (Å²) in [5, 5.41) is 9.38. The van der Waals surface area contributed by atoms with Gasteiger partial charge in [-0.2, -0.15) is 0 Å². The number of likely N-dealkylation sites (N-methyl/N-ethyl adjacent to an activating group) is 1. The lowest BCUT2D eigenvalue weighted by molar-refractivity contribution is -0.144. The summed E-state index contributed by atoms with van der Waals surface area (Å²) in [7, 11) is 2.15. The molecular formula is C15H28N2O2. The Balaban J connectivity index is 2.20. The third kappa shape index (κ3) is 3.11. The molecule has 0 radical (unpaired) electrons. The van der Waals surface area contributed by atoms with E-state index in [1.165, 1.54) is 12.8 Å². The molecule has 19 heavy (non-hydrogen) atoms. The summed E-state index contributed by atoms with van der Waals surface area (Å²) in [5.41, 5.74) is -0.106. The van der Waals surface area contributed by atoms with E-state index in [1.807, 2.05) is 0 Å². The van der Waals surface area contributed by atoms with E-state index in [9.17, 15) is 9.90 Å². The average Bonchev–Trinajstić information content (AvgIpc) is 2.34. The van der Waals surface area contributed by atoms with Crippen LogP contribution >= 0.6 is 0 Å². The lowest BCUT2D eigenvalue weighted by Gasteiger charge is -2.53. The van der Waals surface area contributed by atoms with Crippen molar-refractivity contribution in [1.82, 2.24) is 9.80 Å². The first-order chi connectivity index (χ1) is 8.94. The van der Waals surface area contributed by atoms with Crippen LogP contribution in [0.1, 0.15) is 39.5 Å². The Labute approximate surface area is 116 Å². The van der Waals surface area contributed by atoms with Crippen molar-refractivity contribution in [2.24, 2.45) is 11.8 Å². The van der Waals surface area contributed by atoms with Crippen molar-refractivity contribution in [3.8, 4) is 0 Å². The van der Waals surface area contributed by atoms with Gasteiger partial charge in [0.25, 0.3) is 0 Å². The molecule has 2 aliphatic rings. The number of hydrogen-bond donors (Lipinski definition) is 1. The van der Waals surface area contributed by atoms with Gasteiger partial charge in [0, 0.05) is 31.7 Å². The molecule has 2 fully saturated rings. The number of carboxylic acids is 1. The fraction of sp³-hybridized carbons (Fsp3) is 0.933. The zero-order chi connectivity index (χ0) is 14.0. The summed E-state index contributed by atoms with van der Waals surface area (Å²) in [6.07, 6.45) is 3.77. The Hall–Kier alpha value is -0.610. The predicted molar refractivity (Wildman–Crippen MR) is 76.2 cm³/mol. The van der Waals surface area contributed by atoms with Crippen LogP contribution in [-0.4, -0.2) is 59.6 Å². The van der Waals surface area contributed by atoms with E-state index >= 15 is 0 Å². The molecule has 0 amide bonds. The molecule has 1 saturated carbocycles. The zero-order valence-electron chi connectivity index (χ0n) is 12.6. The normalized spacial score (nSPS) is 38.3. The molecule has 3 atom stereocenters. The summed E-state index contributed by atoms with van der Waals surface area (Å²) >= 11 is 0. The molecule has 1 aliphatic carbocycles. The van der Waals surface area contributed by atoms with Crippen LogP contribution in [-0.2, 0) is 4.79 Å². The lowest BCUT2D eigenvalue weighted by atomic mass is 9.67. The van der Waals surface area contributed by atoms with Crippen LogP contribution in [0.4, 0.5) is 0 Å². The maximum atomic E-state index is 11.4. The fourth-order valence-electron chi connectivity index (χ4n) is 4.02. The fourth-order valence-corrected chi connectivity index (χ4v) is 4.02. The summed E-state index contributed by atoms with van der Waals surface area (Å²) in [6, 6.07) is 0. The average molecular weight is 268 g/mol. The molecule has 3 unspecified atom stereocenters. The van der Waals surface area contributed by atoms with Gasteiger partial charge in [0.15, 0.2) is 0 Å². The Morgan fingerprint density at radius 2 is 1.84 bits per heavy atom. The Morgan fingerprint density at radius 3 is 2.42 bits per heavy atom. The minimum absolute atomic E-state index is 0.106. The molecule has 110 valence electrons. The number of carbonyl (C=O) groups is 1. The zero-order valence-corrected chi connectivity index (χ0v) is 12.6. The second-order valence-corrected chi connectivity index (χ2v) is 6.75. The van der Waals surface area contributed by atoms with Crippen LogP contribution < -0.4 is 0 Å². The first kappa shape index (κ1) is 14.8.